The number of hydrogen-bond donors (Lipinski definition) is 1. The Bertz CT molecular complexity index is 1110. The molecule has 0 bridgehead atoms. The van der Waals surface area contributed by atoms with E-state index < -0.39 is 17.6 Å². The van der Waals surface area contributed by atoms with Crippen LogP contribution in [-0.4, -0.2) is 43.1 Å². The van der Waals surface area contributed by atoms with Crippen molar-refractivity contribution in [2.45, 2.75) is 26.5 Å². The molecule has 1 unspecified atom stereocenters. The monoisotopic (exact) mass is 441 g/mol. The van der Waals surface area contributed by atoms with E-state index in [2.05, 4.69) is 0 Å². The molecule has 0 fully saturated rings. The molecule has 1 N–H and O–H groups in total. The maximum Gasteiger partial charge on any atom is 0.341 e. The molecule has 1 atom stereocenters. The fraction of sp³-hybridized carbons (Fsp3) is 0.333. The number of allylic oxidation sites excluding steroid dienone is 3. The predicted molar refractivity (Wildman–Crippen MR) is 120 cm³/mol. The number of carboxylic acids is 1. The smallest absolute Gasteiger partial charge is 0.341 e. The van der Waals surface area contributed by atoms with Gasteiger partial charge in [-0.05, 0) is 25.5 Å². The molecule has 1 aliphatic rings. The summed E-state index contributed by atoms with van der Waals surface area (Å²) in [6.07, 6.45) is 7.02. The van der Waals surface area contributed by atoms with E-state index in [9.17, 15) is 14.7 Å². The fourth-order valence-corrected chi connectivity index (χ4v) is 3.44. The zero-order chi connectivity index (χ0) is 23.3. The van der Waals surface area contributed by atoms with Gasteiger partial charge in [0.1, 0.15) is 11.3 Å². The summed E-state index contributed by atoms with van der Waals surface area (Å²) in [4.78, 5) is 24.1. The van der Waals surface area contributed by atoms with E-state index >= 15 is 0 Å². The van der Waals surface area contributed by atoms with Crippen LogP contribution in [-0.2, 0) is 4.74 Å². The van der Waals surface area contributed by atoms with Crippen LogP contribution in [0.15, 0.2) is 53.0 Å². The molecule has 170 valence electrons. The van der Waals surface area contributed by atoms with E-state index in [4.69, 9.17) is 18.9 Å². The minimum absolute atomic E-state index is 0.324. The van der Waals surface area contributed by atoms with Crippen molar-refractivity contribution in [1.29, 1.82) is 0 Å². The number of carbonyl (C=O) groups is 1. The molecular weight excluding hydrogens is 414 g/mol. The highest BCUT2D eigenvalue weighted by atomic mass is 16.5. The van der Waals surface area contributed by atoms with E-state index in [1.54, 1.807) is 23.8 Å². The second-order valence-electron chi connectivity index (χ2n) is 7.25. The van der Waals surface area contributed by atoms with Gasteiger partial charge in [0.05, 0.1) is 19.4 Å². The van der Waals surface area contributed by atoms with Gasteiger partial charge in [-0.15, -0.1) is 0 Å². The van der Waals surface area contributed by atoms with Crippen LogP contribution in [0.4, 0.5) is 0 Å². The Labute approximate surface area is 186 Å². The van der Waals surface area contributed by atoms with Crippen LogP contribution in [0.3, 0.4) is 0 Å². The van der Waals surface area contributed by atoms with Gasteiger partial charge in [0.15, 0.2) is 23.2 Å². The molecule has 0 saturated carbocycles. The topological polar surface area (TPSA) is 96.2 Å². The van der Waals surface area contributed by atoms with E-state index in [1.807, 2.05) is 32.1 Å². The lowest BCUT2D eigenvalue weighted by molar-refractivity contribution is 0.0693. The van der Waals surface area contributed by atoms with Crippen molar-refractivity contribution in [2.75, 3.05) is 27.4 Å². The quantitative estimate of drug-likeness (QED) is 0.463. The number of aromatic nitrogens is 1. The standard InChI is InChI=1S/C24H27NO7/c1-5-6-8-15(2)23-25-14-17(24(27)28)19(26)12-18(25)16-11-21(30-4)22(13-20(16)32-23)31-10-7-9-29-3/h5-6,8,11-14,23H,7,9-10H2,1-4H3,(H,27,28)/b6-5-,15-8+. The average molecular weight is 441 g/mol. The Balaban J connectivity index is 2.15. The third kappa shape index (κ3) is 4.70. The number of aromatic carboxylic acids is 1. The molecule has 0 radical (unpaired) electrons. The molecule has 1 aromatic carbocycles. The van der Waals surface area contributed by atoms with Crippen LogP contribution in [0, 0.1) is 0 Å². The Morgan fingerprint density at radius 2 is 2.00 bits per heavy atom. The number of rotatable bonds is 9. The Morgan fingerprint density at radius 3 is 2.66 bits per heavy atom. The summed E-state index contributed by atoms with van der Waals surface area (Å²) in [5.74, 6) is 0.204. The third-order valence-corrected chi connectivity index (χ3v) is 5.03. The van der Waals surface area contributed by atoms with Crippen molar-refractivity contribution in [2.24, 2.45) is 0 Å². The molecular formula is C24H27NO7. The number of methoxy groups -OCH3 is 2. The van der Waals surface area contributed by atoms with Crippen molar-refractivity contribution in [3.8, 4) is 28.5 Å². The lowest BCUT2D eigenvalue weighted by Crippen LogP contribution is -2.27. The van der Waals surface area contributed by atoms with Crippen molar-refractivity contribution in [3.05, 3.63) is 64.0 Å². The predicted octanol–water partition coefficient (Wildman–Crippen LogP) is 4.05. The minimum Gasteiger partial charge on any atom is -0.493 e. The zero-order valence-corrected chi connectivity index (χ0v) is 18.6. The van der Waals surface area contributed by atoms with Gasteiger partial charge in [0.25, 0.3) is 0 Å². The highest BCUT2D eigenvalue weighted by Gasteiger charge is 2.29. The molecule has 2 heterocycles. The Hall–Kier alpha value is -3.52. The van der Waals surface area contributed by atoms with Gasteiger partial charge in [0.2, 0.25) is 0 Å². The van der Waals surface area contributed by atoms with Gasteiger partial charge in [-0.25, -0.2) is 4.79 Å². The summed E-state index contributed by atoms with van der Waals surface area (Å²) in [6.45, 7) is 4.78. The lowest BCUT2D eigenvalue weighted by atomic mass is 10.0. The molecule has 0 amide bonds. The summed E-state index contributed by atoms with van der Waals surface area (Å²) < 4.78 is 24.3. The first-order chi connectivity index (χ1) is 15.4. The first-order valence-corrected chi connectivity index (χ1v) is 10.2. The lowest BCUT2D eigenvalue weighted by Gasteiger charge is -2.32. The summed E-state index contributed by atoms with van der Waals surface area (Å²) in [5, 5.41) is 9.44. The number of hydrogen-bond acceptors (Lipinski definition) is 6. The largest absolute Gasteiger partial charge is 0.493 e. The minimum atomic E-state index is -1.29. The van der Waals surface area contributed by atoms with E-state index in [1.165, 1.54) is 19.4 Å². The molecule has 0 spiro atoms. The van der Waals surface area contributed by atoms with Crippen LogP contribution in [0.1, 0.15) is 36.9 Å². The van der Waals surface area contributed by atoms with Gasteiger partial charge in [0, 0.05) is 44.0 Å². The number of pyridine rings is 1. The van der Waals surface area contributed by atoms with Gasteiger partial charge in [-0.3, -0.25) is 4.79 Å². The maximum absolute atomic E-state index is 12.5. The second kappa shape index (κ2) is 10.2. The second-order valence-corrected chi connectivity index (χ2v) is 7.25. The molecule has 3 rings (SSSR count). The zero-order valence-electron chi connectivity index (χ0n) is 18.6. The van der Waals surface area contributed by atoms with Gasteiger partial charge in [-0.2, -0.15) is 0 Å². The first-order valence-electron chi connectivity index (χ1n) is 10.2. The van der Waals surface area contributed by atoms with Crippen LogP contribution >= 0.6 is 0 Å². The number of benzene rings is 1. The highest BCUT2D eigenvalue weighted by molar-refractivity contribution is 5.88. The fourth-order valence-electron chi connectivity index (χ4n) is 3.44. The van der Waals surface area contributed by atoms with Gasteiger partial charge in [-0.1, -0.05) is 18.2 Å². The van der Waals surface area contributed by atoms with Crippen molar-refractivity contribution < 1.29 is 28.8 Å². The van der Waals surface area contributed by atoms with E-state index in [0.717, 1.165) is 5.57 Å². The molecule has 8 nitrogen and oxygen atoms in total. The summed E-state index contributed by atoms with van der Waals surface area (Å²) >= 11 is 0. The van der Waals surface area contributed by atoms with Crippen LogP contribution in [0.2, 0.25) is 0 Å². The molecule has 2 aromatic rings. The normalized spacial score (nSPS) is 15.1. The number of nitrogens with zero attached hydrogens (tertiary/aromatic N) is 1. The van der Waals surface area contributed by atoms with Crippen LogP contribution < -0.4 is 19.6 Å². The number of ether oxygens (including phenoxy) is 4. The van der Waals surface area contributed by atoms with Crippen LogP contribution in [0.25, 0.3) is 11.3 Å². The Morgan fingerprint density at radius 1 is 1.22 bits per heavy atom. The average Bonchev–Trinajstić information content (AvgIpc) is 2.78. The number of fused-ring (bicyclic) bond motifs is 3. The van der Waals surface area contributed by atoms with Gasteiger partial charge >= 0.3 is 5.97 Å². The SMILES string of the molecule is C/C=C\C=C(/C)C1Oc2cc(OCCCOC)c(OC)cc2-c2cc(=O)c(C(=O)O)cn21. The van der Waals surface area contributed by atoms with Crippen LogP contribution in [0.5, 0.6) is 17.2 Å². The summed E-state index contributed by atoms with van der Waals surface area (Å²) in [7, 11) is 3.16. The molecule has 1 aliphatic heterocycles. The summed E-state index contributed by atoms with van der Waals surface area (Å²) in [5.41, 5.74) is 1.06. The molecule has 0 saturated heterocycles. The van der Waals surface area contributed by atoms with Gasteiger partial charge < -0.3 is 28.6 Å². The maximum atomic E-state index is 12.5. The van der Waals surface area contributed by atoms with Crippen molar-refractivity contribution in [1.82, 2.24) is 4.57 Å². The van der Waals surface area contributed by atoms with E-state index in [-0.39, 0.29) is 5.56 Å². The summed E-state index contributed by atoms with van der Waals surface area (Å²) in [6, 6.07) is 4.78. The third-order valence-electron chi connectivity index (χ3n) is 5.03. The van der Waals surface area contributed by atoms with E-state index in [0.29, 0.717) is 48.1 Å². The molecule has 8 heteroatoms. The molecule has 1 aromatic heterocycles. The van der Waals surface area contributed by atoms with Crippen molar-refractivity contribution >= 4 is 5.97 Å². The first kappa shape index (κ1) is 23.1. The van der Waals surface area contributed by atoms with Crippen molar-refractivity contribution in [3.63, 3.8) is 0 Å². The molecule has 0 aliphatic carbocycles. The molecule has 32 heavy (non-hydrogen) atoms. The number of carboxylic acid groups (broad SMARTS) is 1. The Kier molecular flexibility index (Phi) is 7.37. The highest BCUT2D eigenvalue weighted by Crippen LogP contribution is 2.45.